The number of hydrogen-bond donors (Lipinski definition) is 2. The van der Waals surface area contributed by atoms with Crippen molar-refractivity contribution in [3.63, 3.8) is 0 Å². The smallest absolute Gasteiger partial charge is 0.0648 e. The maximum atomic E-state index is 9.97. The second kappa shape index (κ2) is 3.41. The van der Waals surface area contributed by atoms with E-state index in [4.69, 9.17) is 5.73 Å². The lowest BCUT2D eigenvalue weighted by molar-refractivity contribution is -0.0978. The van der Waals surface area contributed by atoms with Gasteiger partial charge in [-0.3, -0.25) is 0 Å². The summed E-state index contributed by atoms with van der Waals surface area (Å²) in [5.74, 6) is 0. The summed E-state index contributed by atoms with van der Waals surface area (Å²) in [4.78, 5) is 0. The molecule has 0 radical (unpaired) electrons. The number of halogens is 1. The van der Waals surface area contributed by atoms with E-state index in [1.807, 2.05) is 0 Å². The second-order valence-electron chi connectivity index (χ2n) is 4.88. The molecule has 0 aromatic heterocycles. The monoisotopic (exact) mass is 205 g/mol. The molecule has 0 spiro atoms. The predicted molar refractivity (Wildman–Crippen MR) is 56.0 cm³/mol. The Balaban J connectivity index is 0.000000845. The molecule has 0 aliphatic heterocycles. The maximum absolute atomic E-state index is 9.97. The van der Waals surface area contributed by atoms with Gasteiger partial charge in [0.25, 0.3) is 0 Å². The molecule has 3 fully saturated rings. The quantitative estimate of drug-likeness (QED) is 0.687. The van der Waals surface area contributed by atoms with Crippen LogP contribution in [0.3, 0.4) is 0 Å². The molecule has 0 amide bonds. The zero-order chi connectivity index (χ0) is 8.82. The molecule has 2 bridgehead atoms. The topological polar surface area (TPSA) is 46.2 Å². The van der Waals surface area contributed by atoms with Crippen LogP contribution < -0.4 is 5.73 Å². The van der Waals surface area contributed by atoms with Crippen LogP contribution in [0.1, 0.15) is 45.4 Å². The van der Waals surface area contributed by atoms with Crippen LogP contribution in [0.5, 0.6) is 0 Å². The van der Waals surface area contributed by atoms with Gasteiger partial charge in [-0.25, -0.2) is 0 Å². The number of hydrogen-bond acceptors (Lipinski definition) is 2. The minimum absolute atomic E-state index is 0. The molecule has 3 heteroatoms. The Bertz CT molecular complexity index is 169. The second-order valence-corrected chi connectivity index (χ2v) is 4.88. The zero-order valence-corrected chi connectivity index (χ0v) is 9.07. The summed E-state index contributed by atoms with van der Waals surface area (Å²) in [6.45, 7) is 2.12. The van der Waals surface area contributed by atoms with Crippen molar-refractivity contribution in [2.24, 2.45) is 11.1 Å². The van der Waals surface area contributed by atoms with Crippen LogP contribution in [-0.4, -0.2) is 16.7 Å². The minimum atomic E-state index is -0.309. The molecule has 13 heavy (non-hydrogen) atoms. The number of fused-ring (bicyclic) bond motifs is 3. The standard InChI is InChI=1S/C10H19NO.ClH/c1-8(11)9-2-5-10(12,6-3-9)7-4-9;/h8,12H,2-7,11H2,1H3;1H. The van der Waals surface area contributed by atoms with Crippen LogP contribution in [0.4, 0.5) is 0 Å². The fraction of sp³-hybridized carbons (Fsp3) is 1.00. The highest BCUT2D eigenvalue weighted by molar-refractivity contribution is 5.85. The average molecular weight is 206 g/mol. The SMILES string of the molecule is CC(N)C12CCC(O)(CC1)CC2.Cl. The molecule has 1 atom stereocenters. The molecule has 3 N–H and O–H groups in total. The molecule has 0 aromatic carbocycles. The number of aliphatic hydroxyl groups is 1. The molecule has 0 aromatic rings. The van der Waals surface area contributed by atoms with E-state index in [0.29, 0.717) is 11.5 Å². The highest BCUT2D eigenvalue weighted by atomic mass is 35.5. The van der Waals surface area contributed by atoms with E-state index in [-0.39, 0.29) is 18.0 Å². The van der Waals surface area contributed by atoms with Crippen molar-refractivity contribution in [2.75, 3.05) is 0 Å². The van der Waals surface area contributed by atoms with E-state index >= 15 is 0 Å². The summed E-state index contributed by atoms with van der Waals surface area (Å²) in [6.07, 6.45) is 6.36. The molecule has 3 aliphatic carbocycles. The van der Waals surface area contributed by atoms with Crippen LogP contribution in [-0.2, 0) is 0 Å². The van der Waals surface area contributed by atoms with Crippen LogP contribution >= 0.6 is 12.4 Å². The van der Waals surface area contributed by atoms with Gasteiger partial charge in [0.15, 0.2) is 0 Å². The van der Waals surface area contributed by atoms with E-state index in [1.165, 1.54) is 0 Å². The molecule has 0 saturated heterocycles. The van der Waals surface area contributed by atoms with Crippen LogP contribution in [0.2, 0.25) is 0 Å². The van der Waals surface area contributed by atoms with E-state index in [1.54, 1.807) is 0 Å². The first kappa shape index (κ1) is 11.3. The summed E-state index contributed by atoms with van der Waals surface area (Å²) in [6, 6.07) is 0.308. The Morgan fingerprint density at radius 1 is 1.08 bits per heavy atom. The van der Waals surface area contributed by atoms with Crippen LogP contribution in [0, 0.1) is 5.41 Å². The summed E-state index contributed by atoms with van der Waals surface area (Å²) in [7, 11) is 0. The third kappa shape index (κ3) is 1.72. The predicted octanol–water partition coefficient (Wildman–Crippen LogP) is 1.84. The lowest BCUT2D eigenvalue weighted by atomic mass is 9.56. The Hall–Kier alpha value is 0.210. The van der Waals surface area contributed by atoms with Gasteiger partial charge in [0.05, 0.1) is 5.60 Å². The highest BCUT2D eigenvalue weighted by Crippen LogP contribution is 2.53. The minimum Gasteiger partial charge on any atom is -0.390 e. The summed E-state index contributed by atoms with van der Waals surface area (Å²) >= 11 is 0. The van der Waals surface area contributed by atoms with Crippen molar-refractivity contribution in [1.82, 2.24) is 0 Å². The van der Waals surface area contributed by atoms with Crippen molar-refractivity contribution in [2.45, 2.75) is 57.1 Å². The Kier molecular flexibility index (Phi) is 2.96. The van der Waals surface area contributed by atoms with E-state index < -0.39 is 0 Å². The first-order valence-corrected chi connectivity index (χ1v) is 5.04. The average Bonchev–Trinajstić information content (AvgIpc) is 2.06. The van der Waals surface area contributed by atoms with Crippen molar-refractivity contribution in [1.29, 1.82) is 0 Å². The van der Waals surface area contributed by atoms with Gasteiger partial charge in [-0.1, -0.05) is 0 Å². The maximum Gasteiger partial charge on any atom is 0.0648 e. The van der Waals surface area contributed by atoms with Gasteiger partial charge in [-0.05, 0) is 50.9 Å². The largest absolute Gasteiger partial charge is 0.390 e. The van der Waals surface area contributed by atoms with Crippen molar-refractivity contribution in [3.8, 4) is 0 Å². The molecule has 3 saturated carbocycles. The first-order chi connectivity index (χ1) is 5.56. The lowest BCUT2D eigenvalue weighted by Crippen LogP contribution is -2.52. The fourth-order valence-corrected chi connectivity index (χ4v) is 2.88. The Labute approximate surface area is 86.3 Å². The molecule has 3 aliphatic rings. The van der Waals surface area contributed by atoms with Gasteiger partial charge >= 0.3 is 0 Å². The molecular formula is C10H20ClNO. The Morgan fingerprint density at radius 3 is 1.77 bits per heavy atom. The van der Waals surface area contributed by atoms with Crippen molar-refractivity contribution < 1.29 is 5.11 Å². The van der Waals surface area contributed by atoms with E-state index in [0.717, 1.165) is 38.5 Å². The Morgan fingerprint density at radius 2 is 1.46 bits per heavy atom. The molecule has 3 rings (SSSR count). The summed E-state index contributed by atoms with van der Waals surface area (Å²) < 4.78 is 0. The summed E-state index contributed by atoms with van der Waals surface area (Å²) in [5.41, 5.74) is 6.07. The van der Waals surface area contributed by atoms with Gasteiger partial charge in [-0.15, -0.1) is 12.4 Å². The zero-order valence-electron chi connectivity index (χ0n) is 8.25. The summed E-state index contributed by atoms with van der Waals surface area (Å²) in [5, 5.41) is 9.97. The third-order valence-electron chi connectivity index (χ3n) is 4.23. The molecule has 0 heterocycles. The van der Waals surface area contributed by atoms with Crippen molar-refractivity contribution >= 4 is 12.4 Å². The first-order valence-electron chi connectivity index (χ1n) is 5.04. The molecule has 2 nitrogen and oxygen atoms in total. The normalized spacial score (nSPS) is 45.5. The van der Waals surface area contributed by atoms with Gasteiger partial charge < -0.3 is 10.8 Å². The van der Waals surface area contributed by atoms with Gasteiger partial charge in [0, 0.05) is 6.04 Å². The van der Waals surface area contributed by atoms with Gasteiger partial charge in [-0.2, -0.15) is 0 Å². The lowest BCUT2D eigenvalue weighted by Gasteiger charge is -2.53. The van der Waals surface area contributed by atoms with Gasteiger partial charge in [0.1, 0.15) is 0 Å². The highest BCUT2D eigenvalue weighted by Gasteiger charge is 2.49. The fourth-order valence-electron chi connectivity index (χ4n) is 2.88. The molecular weight excluding hydrogens is 186 g/mol. The molecule has 1 unspecified atom stereocenters. The van der Waals surface area contributed by atoms with Gasteiger partial charge in [0.2, 0.25) is 0 Å². The third-order valence-corrected chi connectivity index (χ3v) is 4.23. The van der Waals surface area contributed by atoms with E-state index in [2.05, 4.69) is 6.92 Å². The van der Waals surface area contributed by atoms with Crippen LogP contribution in [0.15, 0.2) is 0 Å². The van der Waals surface area contributed by atoms with E-state index in [9.17, 15) is 5.11 Å². The van der Waals surface area contributed by atoms with Crippen LogP contribution in [0.25, 0.3) is 0 Å². The number of nitrogens with two attached hydrogens (primary N) is 1. The van der Waals surface area contributed by atoms with Crippen molar-refractivity contribution in [3.05, 3.63) is 0 Å². The molecule has 78 valence electrons. The number of rotatable bonds is 1.